The first-order valence-corrected chi connectivity index (χ1v) is 5.08. The van der Waals surface area contributed by atoms with Crippen molar-refractivity contribution >= 4 is 15.9 Å². The van der Waals surface area contributed by atoms with E-state index in [0.717, 1.165) is 6.07 Å². The predicted molar refractivity (Wildman–Crippen MR) is 53.1 cm³/mol. The van der Waals surface area contributed by atoms with Crippen LogP contribution in [0.1, 0.15) is 23.2 Å². The van der Waals surface area contributed by atoms with Crippen molar-refractivity contribution in [3.05, 3.63) is 22.9 Å². The van der Waals surface area contributed by atoms with Crippen molar-refractivity contribution < 1.29 is 13.5 Å². The van der Waals surface area contributed by atoms with Crippen LogP contribution in [0, 0.1) is 11.3 Å². The van der Waals surface area contributed by atoms with Gasteiger partial charge < -0.3 is 4.74 Å². The van der Waals surface area contributed by atoms with E-state index in [1.807, 2.05) is 0 Å². The predicted octanol–water partition coefficient (Wildman–Crippen LogP) is 2.79. The quantitative estimate of drug-likeness (QED) is 0.798. The smallest absolute Gasteiger partial charge is 0.264 e. The number of halogens is 3. The van der Waals surface area contributed by atoms with Gasteiger partial charge in [-0.15, -0.1) is 0 Å². The minimum atomic E-state index is -2.65. The van der Waals surface area contributed by atoms with Crippen LogP contribution in [0.4, 0.5) is 8.78 Å². The topological polar surface area (TPSA) is 45.9 Å². The average Bonchev–Trinajstić information content (AvgIpc) is 2.26. The van der Waals surface area contributed by atoms with E-state index in [9.17, 15) is 8.78 Å². The Kier molecular flexibility index (Phi) is 3.97. The van der Waals surface area contributed by atoms with Crippen LogP contribution in [0.3, 0.4) is 0 Å². The van der Waals surface area contributed by atoms with E-state index in [2.05, 4.69) is 20.9 Å². The number of rotatable bonds is 3. The number of ether oxygens (including phenoxy) is 1. The van der Waals surface area contributed by atoms with Gasteiger partial charge in [0, 0.05) is 16.5 Å². The average molecular weight is 277 g/mol. The summed E-state index contributed by atoms with van der Waals surface area (Å²) in [5.41, 5.74) is -0.0337. The first-order chi connectivity index (χ1) is 7.13. The number of pyridine rings is 1. The Morgan fingerprint density at radius 2 is 2.33 bits per heavy atom. The molecule has 0 aliphatic carbocycles. The maximum Gasteiger partial charge on any atom is 0.264 e. The van der Waals surface area contributed by atoms with E-state index in [1.165, 1.54) is 7.11 Å². The van der Waals surface area contributed by atoms with Gasteiger partial charge >= 0.3 is 0 Å². The summed E-state index contributed by atoms with van der Waals surface area (Å²) >= 11 is 3.08. The number of nitrogens with zero attached hydrogens (tertiary/aromatic N) is 2. The molecule has 0 bridgehead atoms. The Bertz CT molecular complexity index is 404. The fraction of sp³-hybridized carbons (Fsp3) is 0.333. The fourth-order valence-corrected chi connectivity index (χ4v) is 1.69. The summed E-state index contributed by atoms with van der Waals surface area (Å²) in [6.45, 7) is 0. The van der Waals surface area contributed by atoms with Crippen molar-refractivity contribution in [1.29, 1.82) is 5.26 Å². The van der Waals surface area contributed by atoms with Crippen LogP contribution in [0.5, 0.6) is 5.88 Å². The molecule has 3 nitrogen and oxygen atoms in total. The van der Waals surface area contributed by atoms with Crippen LogP contribution in [-0.2, 0) is 5.33 Å². The molecule has 1 aromatic heterocycles. The molecule has 0 aliphatic heterocycles. The van der Waals surface area contributed by atoms with Crippen LogP contribution >= 0.6 is 15.9 Å². The normalized spacial score (nSPS) is 10.1. The van der Waals surface area contributed by atoms with Gasteiger partial charge in [-0.25, -0.2) is 13.8 Å². The number of nitriles is 1. The van der Waals surface area contributed by atoms with Crippen LogP contribution in [-0.4, -0.2) is 12.1 Å². The van der Waals surface area contributed by atoms with E-state index in [4.69, 9.17) is 10.00 Å². The zero-order chi connectivity index (χ0) is 11.4. The SMILES string of the molecule is COc1nc(C#N)cc(C(F)F)c1CBr. The van der Waals surface area contributed by atoms with Gasteiger partial charge in [-0.1, -0.05) is 15.9 Å². The number of hydrogen-bond donors (Lipinski definition) is 0. The second-order valence-corrected chi connectivity index (χ2v) is 3.19. The van der Waals surface area contributed by atoms with Gasteiger partial charge in [-0.3, -0.25) is 0 Å². The maximum atomic E-state index is 12.6. The third kappa shape index (κ3) is 2.42. The van der Waals surface area contributed by atoms with Crippen LogP contribution < -0.4 is 4.74 Å². The lowest BCUT2D eigenvalue weighted by molar-refractivity contribution is 0.149. The van der Waals surface area contributed by atoms with Crippen molar-refractivity contribution in [1.82, 2.24) is 4.98 Å². The monoisotopic (exact) mass is 276 g/mol. The van der Waals surface area contributed by atoms with Gasteiger partial charge in [-0.05, 0) is 6.07 Å². The molecule has 6 heteroatoms. The number of methoxy groups -OCH3 is 1. The molecular formula is C9H7BrF2N2O. The molecule has 15 heavy (non-hydrogen) atoms. The Morgan fingerprint density at radius 3 is 2.73 bits per heavy atom. The number of aromatic nitrogens is 1. The van der Waals surface area contributed by atoms with Crippen molar-refractivity contribution in [3.63, 3.8) is 0 Å². The van der Waals surface area contributed by atoms with Gasteiger partial charge in [0.2, 0.25) is 5.88 Å². The van der Waals surface area contributed by atoms with E-state index >= 15 is 0 Å². The molecule has 0 radical (unpaired) electrons. The molecule has 80 valence electrons. The molecule has 1 aromatic rings. The van der Waals surface area contributed by atoms with Crippen LogP contribution in [0.25, 0.3) is 0 Å². The van der Waals surface area contributed by atoms with Gasteiger partial charge in [0.15, 0.2) is 0 Å². The lowest BCUT2D eigenvalue weighted by Gasteiger charge is -2.10. The van der Waals surface area contributed by atoms with Crippen LogP contribution in [0.15, 0.2) is 6.07 Å². The zero-order valence-electron chi connectivity index (χ0n) is 7.80. The maximum absolute atomic E-state index is 12.6. The summed E-state index contributed by atoms with van der Waals surface area (Å²) in [5, 5.41) is 8.81. The summed E-state index contributed by atoms with van der Waals surface area (Å²) in [4.78, 5) is 3.78. The lowest BCUT2D eigenvalue weighted by atomic mass is 10.1. The van der Waals surface area contributed by atoms with Gasteiger partial charge in [-0.2, -0.15) is 5.26 Å². The summed E-state index contributed by atoms with van der Waals surface area (Å²) in [5.74, 6) is 0.0567. The molecule has 0 aromatic carbocycles. The Hall–Kier alpha value is -1.22. The molecule has 0 saturated heterocycles. The van der Waals surface area contributed by atoms with Gasteiger partial charge in [0.1, 0.15) is 11.8 Å². The molecule has 0 fully saturated rings. The highest BCUT2D eigenvalue weighted by molar-refractivity contribution is 9.08. The third-order valence-electron chi connectivity index (χ3n) is 1.80. The first kappa shape index (κ1) is 11.9. The second kappa shape index (κ2) is 5.03. The molecule has 0 amide bonds. The van der Waals surface area contributed by atoms with Gasteiger partial charge in [0.25, 0.3) is 6.43 Å². The molecule has 0 atom stereocenters. The molecule has 0 spiro atoms. The minimum Gasteiger partial charge on any atom is -0.481 e. The summed E-state index contributed by atoms with van der Waals surface area (Å²) in [6, 6.07) is 2.78. The van der Waals surface area contributed by atoms with E-state index in [-0.39, 0.29) is 28.0 Å². The van der Waals surface area contributed by atoms with Crippen LogP contribution in [0.2, 0.25) is 0 Å². The fourth-order valence-electron chi connectivity index (χ4n) is 1.12. The third-order valence-corrected chi connectivity index (χ3v) is 2.36. The summed E-state index contributed by atoms with van der Waals surface area (Å²) in [7, 11) is 1.32. The molecule has 0 aliphatic rings. The van der Waals surface area contributed by atoms with E-state index in [1.54, 1.807) is 6.07 Å². The molecule has 0 unspecified atom stereocenters. The zero-order valence-corrected chi connectivity index (χ0v) is 9.38. The van der Waals surface area contributed by atoms with Crippen molar-refractivity contribution in [2.24, 2.45) is 0 Å². The molecule has 1 heterocycles. The summed E-state index contributed by atoms with van der Waals surface area (Å²) < 4.78 is 30.1. The molecule has 1 rings (SSSR count). The highest BCUT2D eigenvalue weighted by Gasteiger charge is 2.19. The molecular weight excluding hydrogens is 270 g/mol. The Balaban J connectivity index is 3.40. The molecule has 0 N–H and O–H groups in total. The largest absolute Gasteiger partial charge is 0.481 e. The van der Waals surface area contributed by atoms with E-state index < -0.39 is 6.43 Å². The minimum absolute atomic E-state index is 0.0567. The Morgan fingerprint density at radius 1 is 1.67 bits per heavy atom. The number of hydrogen-bond acceptors (Lipinski definition) is 3. The second-order valence-electron chi connectivity index (χ2n) is 2.63. The highest BCUT2D eigenvalue weighted by Crippen LogP contribution is 2.30. The van der Waals surface area contributed by atoms with Crippen molar-refractivity contribution in [2.75, 3.05) is 7.11 Å². The molecule has 0 saturated carbocycles. The van der Waals surface area contributed by atoms with Crippen molar-refractivity contribution in [2.45, 2.75) is 11.8 Å². The number of alkyl halides is 3. The summed E-state index contributed by atoms with van der Waals surface area (Å²) in [6.07, 6.45) is -2.65. The standard InChI is InChI=1S/C9H7BrF2N2O/c1-15-9-7(3-10)6(8(11)12)2-5(4-13)14-9/h2,8H,3H2,1H3. The lowest BCUT2D eigenvalue weighted by Crippen LogP contribution is -2.01. The Labute approximate surface area is 93.8 Å². The van der Waals surface area contributed by atoms with E-state index in [0.29, 0.717) is 0 Å². The van der Waals surface area contributed by atoms with Crippen molar-refractivity contribution in [3.8, 4) is 11.9 Å². The first-order valence-electron chi connectivity index (χ1n) is 3.96. The van der Waals surface area contributed by atoms with Gasteiger partial charge in [0.05, 0.1) is 7.11 Å². The highest BCUT2D eigenvalue weighted by atomic mass is 79.9.